The zero-order valence-electron chi connectivity index (χ0n) is 17.0. The summed E-state index contributed by atoms with van der Waals surface area (Å²) in [6.45, 7) is 5.72. The van der Waals surface area contributed by atoms with Gasteiger partial charge in [0, 0.05) is 17.0 Å². The number of sulfone groups is 1. The van der Waals surface area contributed by atoms with E-state index in [-0.39, 0.29) is 22.5 Å². The van der Waals surface area contributed by atoms with Crippen molar-refractivity contribution in [2.45, 2.75) is 47.5 Å². The number of amides is 2. The van der Waals surface area contributed by atoms with Crippen LogP contribution in [-0.4, -0.2) is 37.3 Å². The molecule has 0 unspecified atom stereocenters. The Kier molecular flexibility index (Phi) is 6.72. The van der Waals surface area contributed by atoms with E-state index in [0.717, 1.165) is 4.90 Å². The summed E-state index contributed by atoms with van der Waals surface area (Å²) >= 11 is 1.38. The molecule has 0 radical (unpaired) electrons. The van der Waals surface area contributed by atoms with Crippen molar-refractivity contribution in [2.75, 3.05) is 17.2 Å². The average molecular weight is 449 g/mol. The van der Waals surface area contributed by atoms with Crippen molar-refractivity contribution in [1.82, 2.24) is 0 Å². The van der Waals surface area contributed by atoms with Crippen molar-refractivity contribution < 1.29 is 22.7 Å². The van der Waals surface area contributed by atoms with Crippen LogP contribution in [0.15, 0.2) is 52.3 Å². The van der Waals surface area contributed by atoms with Crippen LogP contribution in [0.3, 0.4) is 0 Å². The van der Waals surface area contributed by atoms with Crippen LogP contribution in [-0.2, 0) is 19.4 Å². The van der Waals surface area contributed by atoms with Crippen LogP contribution in [0.5, 0.6) is 5.75 Å². The highest BCUT2D eigenvalue weighted by Gasteiger charge is 2.29. The number of nitrogens with one attached hydrogen (secondary N) is 2. The summed E-state index contributed by atoms with van der Waals surface area (Å²) in [5, 5.41) is 4.28. The number of fused-ring (bicyclic) bond motifs is 1. The van der Waals surface area contributed by atoms with Crippen molar-refractivity contribution >= 4 is 44.8 Å². The van der Waals surface area contributed by atoms with Gasteiger partial charge in [0.15, 0.2) is 9.84 Å². The second kappa shape index (κ2) is 9.09. The fourth-order valence-electron chi connectivity index (χ4n) is 2.98. The lowest BCUT2D eigenvalue weighted by Gasteiger charge is -2.22. The summed E-state index contributed by atoms with van der Waals surface area (Å²) in [6.07, 6.45) is -0.190. The predicted molar refractivity (Wildman–Crippen MR) is 118 cm³/mol. The van der Waals surface area contributed by atoms with Crippen molar-refractivity contribution in [2.24, 2.45) is 0 Å². The maximum absolute atomic E-state index is 13.0. The van der Waals surface area contributed by atoms with Crippen LogP contribution in [0.2, 0.25) is 0 Å². The molecule has 1 aliphatic heterocycles. The van der Waals surface area contributed by atoms with E-state index in [4.69, 9.17) is 4.74 Å². The number of hydrogen-bond acceptors (Lipinski definition) is 6. The number of thioether (sulfide) groups is 1. The summed E-state index contributed by atoms with van der Waals surface area (Å²) in [4.78, 5) is 25.1. The van der Waals surface area contributed by atoms with E-state index in [1.54, 1.807) is 37.3 Å². The fraction of sp³-hybridized carbons (Fsp3) is 0.333. The lowest BCUT2D eigenvalue weighted by atomic mass is 10.2. The van der Waals surface area contributed by atoms with Gasteiger partial charge in [0.1, 0.15) is 5.75 Å². The van der Waals surface area contributed by atoms with E-state index in [0.29, 0.717) is 23.7 Å². The summed E-state index contributed by atoms with van der Waals surface area (Å²) in [5.74, 6) is 0.134. The first kappa shape index (κ1) is 22.2. The number of rotatable bonds is 7. The van der Waals surface area contributed by atoms with E-state index >= 15 is 0 Å². The first-order chi connectivity index (χ1) is 14.2. The largest absolute Gasteiger partial charge is 0.494 e. The Balaban J connectivity index is 1.68. The predicted octanol–water partition coefficient (Wildman–Crippen LogP) is 3.71. The normalized spacial score (nSPS) is 16.9. The van der Waals surface area contributed by atoms with Crippen molar-refractivity contribution in [3.05, 3.63) is 42.5 Å². The minimum absolute atomic E-state index is 0.0815. The van der Waals surface area contributed by atoms with Crippen LogP contribution >= 0.6 is 11.8 Å². The molecule has 0 saturated heterocycles. The Bertz CT molecular complexity index is 1050. The van der Waals surface area contributed by atoms with Crippen molar-refractivity contribution in [3.8, 4) is 5.75 Å². The first-order valence-corrected chi connectivity index (χ1v) is 12.0. The second-order valence-electron chi connectivity index (χ2n) is 6.97. The maximum atomic E-state index is 13.0. The SMILES string of the molecule is CCOc1ccc(NC(=O)C[C@H](C)S(=O)(=O)c2ccc3c(c2)NC(=O)[C@@H](C)S3)cc1. The minimum atomic E-state index is -3.75. The molecule has 160 valence electrons. The van der Waals surface area contributed by atoms with E-state index in [2.05, 4.69) is 10.6 Å². The van der Waals surface area contributed by atoms with Crippen LogP contribution in [0, 0.1) is 0 Å². The highest BCUT2D eigenvalue weighted by atomic mass is 32.2. The highest BCUT2D eigenvalue weighted by Crippen LogP contribution is 2.37. The maximum Gasteiger partial charge on any atom is 0.237 e. The molecule has 3 rings (SSSR count). The third-order valence-corrected chi connectivity index (χ3v) is 7.98. The molecule has 0 aliphatic carbocycles. The van der Waals surface area contributed by atoms with Gasteiger partial charge in [-0.3, -0.25) is 9.59 Å². The molecular weight excluding hydrogens is 424 g/mol. The molecule has 0 aromatic heterocycles. The van der Waals surface area contributed by atoms with Crippen molar-refractivity contribution in [3.63, 3.8) is 0 Å². The van der Waals surface area contributed by atoms with Crippen LogP contribution in [0.4, 0.5) is 11.4 Å². The number of ether oxygens (including phenoxy) is 1. The smallest absolute Gasteiger partial charge is 0.237 e. The molecule has 0 fully saturated rings. The third-order valence-electron chi connectivity index (χ3n) is 4.66. The number of hydrogen-bond donors (Lipinski definition) is 2. The Morgan fingerprint density at radius 1 is 1.23 bits per heavy atom. The molecule has 1 aliphatic rings. The van der Waals surface area contributed by atoms with E-state index < -0.39 is 21.0 Å². The second-order valence-corrected chi connectivity index (χ2v) is 10.7. The van der Waals surface area contributed by atoms with Gasteiger partial charge in [-0.2, -0.15) is 0 Å². The molecule has 0 saturated carbocycles. The monoisotopic (exact) mass is 448 g/mol. The number of carbonyl (C=O) groups excluding carboxylic acids is 2. The van der Waals surface area contributed by atoms with Crippen LogP contribution in [0.25, 0.3) is 0 Å². The van der Waals surface area contributed by atoms with E-state index in [9.17, 15) is 18.0 Å². The Labute approximate surface area is 180 Å². The molecule has 2 amide bonds. The molecule has 0 spiro atoms. The molecule has 30 heavy (non-hydrogen) atoms. The first-order valence-electron chi connectivity index (χ1n) is 9.59. The molecule has 7 nitrogen and oxygen atoms in total. The quantitative estimate of drug-likeness (QED) is 0.670. The van der Waals surface area contributed by atoms with Gasteiger partial charge in [-0.15, -0.1) is 11.8 Å². The van der Waals surface area contributed by atoms with Gasteiger partial charge in [-0.05, 0) is 63.2 Å². The molecule has 9 heteroatoms. The van der Waals surface area contributed by atoms with Gasteiger partial charge in [0.05, 0.1) is 27.7 Å². The average Bonchev–Trinajstić information content (AvgIpc) is 2.70. The van der Waals surface area contributed by atoms with Gasteiger partial charge in [-0.1, -0.05) is 0 Å². The van der Waals surface area contributed by atoms with Gasteiger partial charge in [-0.25, -0.2) is 8.42 Å². The van der Waals surface area contributed by atoms with Crippen molar-refractivity contribution in [1.29, 1.82) is 0 Å². The molecule has 2 N–H and O–H groups in total. The molecular formula is C21H24N2O5S2. The fourth-order valence-corrected chi connectivity index (χ4v) is 5.29. The lowest BCUT2D eigenvalue weighted by Crippen LogP contribution is -2.27. The molecule has 2 aromatic carbocycles. The third kappa shape index (κ3) is 4.96. The molecule has 2 atom stereocenters. The van der Waals surface area contributed by atoms with E-state index in [1.165, 1.54) is 30.8 Å². The highest BCUT2D eigenvalue weighted by molar-refractivity contribution is 8.01. The standard InChI is InChI=1S/C21H24N2O5S2/c1-4-28-16-7-5-15(6-8-16)22-20(24)11-13(2)30(26,27)17-9-10-19-18(12-17)23-21(25)14(3)29-19/h5-10,12-14H,4,11H2,1-3H3,(H,22,24)(H,23,25)/t13-,14+/m0/s1. The topological polar surface area (TPSA) is 102 Å². The van der Waals surface area contributed by atoms with Crippen LogP contribution < -0.4 is 15.4 Å². The Hall–Kier alpha value is -2.52. The van der Waals surface area contributed by atoms with Gasteiger partial charge in [0.25, 0.3) is 0 Å². The van der Waals surface area contributed by atoms with Crippen LogP contribution in [0.1, 0.15) is 27.2 Å². The van der Waals surface area contributed by atoms with Gasteiger partial charge >= 0.3 is 0 Å². The molecule has 0 bridgehead atoms. The zero-order valence-corrected chi connectivity index (χ0v) is 18.6. The van der Waals surface area contributed by atoms with Gasteiger partial charge in [0.2, 0.25) is 11.8 Å². The number of carbonyl (C=O) groups is 2. The molecule has 2 aromatic rings. The Morgan fingerprint density at radius 2 is 1.93 bits per heavy atom. The van der Waals surface area contributed by atoms with E-state index in [1.807, 2.05) is 6.92 Å². The Morgan fingerprint density at radius 3 is 2.60 bits per heavy atom. The zero-order chi connectivity index (χ0) is 21.9. The minimum Gasteiger partial charge on any atom is -0.494 e. The molecule has 1 heterocycles. The number of anilines is 2. The van der Waals surface area contributed by atoms with Gasteiger partial charge < -0.3 is 15.4 Å². The summed E-state index contributed by atoms with van der Waals surface area (Å²) in [7, 11) is -3.75. The lowest BCUT2D eigenvalue weighted by molar-refractivity contribution is -0.116. The summed E-state index contributed by atoms with van der Waals surface area (Å²) < 4.78 is 31.3. The summed E-state index contributed by atoms with van der Waals surface area (Å²) in [6, 6.07) is 11.5. The summed E-state index contributed by atoms with van der Waals surface area (Å²) in [5.41, 5.74) is 1.05. The number of benzene rings is 2.